The van der Waals surface area contributed by atoms with E-state index in [0.29, 0.717) is 36.8 Å². The SMILES string of the molecule is CCOC(=O)c1sc2nc(C)nc(N3CCC(C(N)=O)C3)c2c1C. The molecule has 1 unspecified atom stereocenters. The average molecular weight is 348 g/mol. The molecule has 1 aliphatic rings. The molecule has 3 rings (SSSR count). The molecule has 0 aromatic carbocycles. The first-order chi connectivity index (χ1) is 11.4. The van der Waals surface area contributed by atoms with E-state index in [1.54, 1.807) is 6.92 Å². The highest BCUT2D eigenvalue weighted by atomic mass is 32.1. The van der Waals surface area contributed by atoms with Gasteiger partial charge in [0.1, 0.15) is 21.3 Å². The number of aromatic nitrogens is 2. The van der Waals surface area contributed by atoms with Gasteiger partial charge in [-0.05, 0) is 32.8 Å². The van der Waals surface area contributed by atoms with Crippen LogP contribution < -0.4 is 10.6 Å². The molecule has 128 valence electrons. The minimum Gasteiger partial charge on any atom is -0.462 e. The van der Waals surface area contributed by atoms with E-state index in [1.165, 1.54) is 11.3 Å². The molecule has 1 aliphatic heterocycles. The normalized spacial score (nSPS) is 17.5. The number of ether oxygens (including phenoxy) is 1. The minimum atomic E-state index is -0.335. The smallest absolute Gasteiger partial charge is 0.348 e. The highest BCUT2D eigenvalue weighted by molar-refractivity contribution is 7.20. The summed E-state index contributed by atoms with van der Waals surface area (Å²) in [6.45, 7) is 7.08. The van der Waals surface area contributed by atoms with Crippen LogP contribution in [0.1, 0.15) is 34.4 Å². The molecule has 0 saturated carbocycles. The summed E-state index contributed by atoms with van der Waals surface area (Å²) in [5, 5.41) is 0.860. The van der Waals surface area contributed by atoms with E-state index in [0.717, 1.165) is 21.6 Å². The zero-order valence-corrected chi connectivity index (χ0v) is 14.8. The number of hydrogen-bond donors (Lipinski definition) is 1. The molecule has 1 atom stereocenters. The van der Waals surface area contributed by atoms with Gasteiger partial charge in [-0.1, -0.05) is 0 Å². The lowest BCUT2D eigenvalue weighted by Crippen LogP contribution is -2.28. The molecule has 2 aromatic heterocycles. The van der Waals surface area contributed by atoms with Crippen LogP contribution in [0.3, 0.4) is 0 Å². The van der Waals surface area contributed by atoms with Gasteiger partial charge >= 0.3 is 5.97 Å². The predicted molar refractivity (Wildman–Crippen MR) is 92.4 cm³/mol. The van der Waals surface area contributed by atoms with Crippen molar-refractivity contribution in [2.45, 2.75) is 27.2 Å². The number of amides is 1. The number of thiophene rings is 1. The maximum atomic E-state index is 12.2. The fraction of sp³-hybridized carbons (Fsp3) is 0.500. The largest absolute Gasteiger partial charge is 0.462 e. The van der Waals surface area contributed by atoms with Gasteiger partial charge < -0.3 is 15.4 Å². The third kappa shape index (κ3) is 2.82. The van der Waals surface area contributed by atoms with Gasteiger partial charge in [-0.25, -0.2) is 14.8 Å². The van der Waals surface area contributed by atoms with Crippen molar-refractivity contribution in [1.82, 2.24) is 9.97 Å². The van der Waals surface area contributed by atoms with Gasteiger partial charge in [-0.15, -0.1) is 11.3 Å². The molecular weight excluding hydrogens is 328 g/mol. The summed E-state index contributed by atoms with van der Waals surface area (Å²) in [4.78, 5) is 36.0. The van der Waals surface area contributed by atoms with Crippen LogP contribution in [0, 0.1) is 19.8 Å². The Bertz CT molecular complexity index is 817. The number of anilines is 1. The van der Waals surface area contributed by atoms with Gasteiger partial charge in [0.05, 0.1) is 17.9 Å². The second-order valence-corrected chi connectivity index (χ2v) is 6.88. The van der Waals surface area contributed by atoms with Crippen molar-refractivity contribution in [3.05, 3.63) is 16.3 Å². The number of rotatable bonds is 4. The summed E-state index contributed by atoms with van der Waals surface area (Å²) >= 11 is 1.32. The molecule has 0 radical (unpaired) electrons. The molecule has 0 spiro atoms. The van der Waals surface area contributed by atoms with Crippen LogP contribution in [0.4, 0.5) is 5.82 Å². The second kappa shape index (κ2) is 6.35. The van der Waals surface area contributed by atoms with Crippen LogP contribution in [-0.4, -0.2) is 41.5 Å². The Morgan fingerprint density at radius 1 is 1.38 bits per heavy atom. The number of nitrogens with zero attached hydrogens (tertiary/aromatic N) is 3. The Kier molecular flexibility index (Phi) is 4.40. The highest BCUT2D eigenvalue weighted by Crippen LogP contribution is 2.37. The van der Waals surface area contributed by atoms with Crippen LogP contribution >= 0.6 is 11.3 Å². The van der Waals surface area contributed by atoms with Gasteiger partial charge in [0.25, 0.3) is 0 Å². The van der Waals surface area contributed by atoms with Crippen molar-refractivity contribution in [3.8, 4) is 0 Å². The summed E-state index contributed by atoms with van der Waals surface area (Å²) in [6.07, 6.45) is 0.716. The molecule has 3 heterocycles. The molecule has 24 heavy (non-hydrogen) atoms. The van der Waals surface area contributed by atoms with Gasteiger partial charge in [0, 0.05) is 13.1 Å². The van der Waals surface area contributed by atoms with Crippen molar-refractivity contribution in [1.29, 1.82) is 0 Å². The first-order valence-electron chi connectivity index (χ1n) is 7.91. The number of hydrogen-bond acceptors (Lipinski definition) is 7. The Hall–Kier alpha value is -2.22. The first kappa shape index (κ1) is 16.6. The van der Waals surface area contributed by atoms with Crippen LogP contribution in [0.15, 0.2) is 0 Å². The lowest BCUT2D eigenvalue weighted by Gasteiger charge is -2.18. The van der Waals surface area contributed by atoms with Gasteiger partial charge in [-0.3, -0.25) is 4.79 Å². The number of carbonyl (C=O) groups is 2. The molecule has 0 bridgehead atoms. The fourth-order valence-electron chi connectivity index (χ4n) is 3.03. The zero-order chi connectivity index (χ0) is 17.4. The maximum absolute atomic E-state index is 12.2. The Balaban J connectivity index is 2.08. The van der Waals surface area contributed by atoms with E-state index in [2.05, 4.69) is 14.9 Å². The molecule has 1 amide bonds. The van der Waals surface area contributed by atoms with Crippen LogP contribution in [0.5, 0.6) is 0 Å². The quantitative estimate of drug-likeness (QED) is 0.846. The molecular formula is C16H20N4O3S. The zero-order valence-electron chi connectivity index (χ0n) is 14.0. The van der Waals surface area contributed by atoms with E-state index < -0.39 is 0 Å². The molecule has 8 heteroatoms. The lowest BCUT2D eigenvalue weighted by atomic mass is 10.1. The van der Waals surface area contributed by atoms with Gasteiger partial charge in [0.15, 0.2) is 0 Å². The van der Waals surface area contributed by atoms with E-state index >= 15 is 0 Å². The molecule has 1 saturated heterocycles. The van der Waals surface area contributed by atoms with E-state index in [1.807, 2.05) is 13.8 Å². The third-order valence-corrected chi connectivity index (χ3v) is 5.40. The van der Waals surface area contributed by atoms with Crippen molar-refractivity contribution >= 4 is 39.2 Å². The molecule has 2 aromatic rings. The lowest BCUT2D eigenvalue weighted by molar-refractivity contribution is -0.121. The topological polar surface area (TPSA) is 98.4 Å². The predicted octanol–water partition coefficient (Wildman–Crippen LogP) is 1.80. The summed E-state index contributed by atoms with van der Waals surface area (Å²) in [6, 6.07) is 0. The van der Waals surface area contributed by atoms with Crippen molar-refractivity contribution in [2.24, 2.45) is 11.7 Å². The summed E-state index contributed by atoms with van der Waals surface area (Å²) in [5.74, 6) is 0.618. The third-order valence-electron chi connectivity index (χ3n) is 4.23. The number of primary amides is 1. The second-order valence-electron chi connectivity index (χ2n) is 5.89. The highest BCUT2D eigenvalue weighted by Gasteiger charge is 2.30. The first-order valence-corrected chi connectivity index (χ1v) is 8.73. The number of fused-ring (bicyclic) bond motifs is 1. The molecule has 7 nitrogen and oxygen atoms in total. The molecule has 2 N–H and O–H groups in total. The Morgan fingerprint density at radius 2 is 2.12 bits per heavy atom. The van der Waals surface area contributed by atoms with Gasteiger partial charge in [0.2, 0.25) is 5.91 Å². The van der Waals surface area contributed by atoms with Crippen LogP contribution in [0.2, 0.25) is 0 Å². The summed E-state index contributed by atoms with van der Waals surface area (Å²) in [5.41, 5.74) is 6.26. The number of carbonyl (C=O) groups excluding carboxylic acids is 2. The maximum Gasteiger partial charge on any atom is 0.348 e. The standard InChI is InChI=1S/C16H20N4O3S/c1-4-23-16(22)12-8(2)11-14(18-9(3)19-15(11)24-12)20-6-5-10(7-20)13(17)21/h10H,4-7H2,1-3H3,(H2,17,21). The van der Waals surface area contributed by atoms with E-state index in [4.69, 9.17) is 10.5 Å². The van der Waals surface area contributed by atoms with Crippen molar-refractivity contribution < 1.29 is 14.3 Å². The molecule has 1 fully saturated rings. The number of nitrogens with two attached hydrogens (primary N) is 1. The summed E-state index contributed by atoms with van der Waals surface area (Å²) < 4.78 is 5.13. The molecule has 0 aliphatic carbocycles. The van der Waals surface area contributed by atoms with E-state index in [9.17, 15) is 9.59 Å². The summed E-state index contributed by atoms with van der Waals surface area (Å²) in [7, 11) is 0. The average Bonchev–Trinajstić information content (AvgIpc) is 3.12. The van der Waals surface area contributed by atoms with Gasteiger partial charge in [-0.2, -0.15) is 0 Å². The van der Waals surface area contributed by atoms with E-state index in [-0.39, 0.29) is 17.8 Å². The number of aryl methyl sites for hydroxylation is 2. The minimum absolute atomic E-state index is 0.168. The Labute approximate surface area is 143 Å². The monoisotopic (exact) mass is 348 g/mol. The Morgan fingerprint density at radius 3 is 2.75 bits per heavy atom. The van der Waals surface area contributed by atoms with Crippen LogP contribution in [-0.2, 0) is 9.53 Å². The van der Waals surface area contributed by atoms with Crippen LogP contribution in [0.25, 0.3) is 10.2 Å². The van der Waals surface area contributed by atoms with Crippen molar-refractivity contribution in [2.75, 3.05) is 24.6 Å². The number of esters is 1. The van der Waals surface area contributed by atoms with Crippen molar-refractivity contribution in [3.63, 3.8) is 0 Å². The fourth-order valence-corrected chi connectivity index (χ4v) is 4.14.